The number of hydrogen-bond acceptors (Lipinski definition) is 24. The van der Waals surface area contributed by atoms with Gasteiger partial charge >= 0.3 is 12.2 Å². The molecule has 2 amide bonds. The summed E-state index contributed by atoms with van der Waals surface area (Å²) in [7, 11) is 7.08. The predicted octanol–water partition coefficient (Wildman–Crippen LogP) is 17.4. The molecule has 9 aromatic rings. The van der Waals surface area contributed by atoms with Crippen LogP contribution in [0.15, 0.2) is 254 Å². The number of ether oxygens (including phenoxy) is 9. The Kier molecular flexibility index (Phi) is 49.5. The Bertz CT molecular complexity index is 5010. The molecule has 732 valence electrons. The number of carbonyl (C=O) groups is 6. The first-order valence-electron chi connectivity index (χ1n) is 47.6. The van der Waals surface area contributed by atoms with Gasteiger partial charge < -0.3 is 83.5 Å². The molecule has 9 aromatic carbocycles. The number of aliphatic hydroxyl groups excluding tert-OH is 4. The molecular formula is C110H135ClN6O20. The number of nitrogens with zero attached hydrogens (tertiary/aromatic N) is 4. The maximum absolute atomic E-state index is 13.3. The van der Waals surface area contributed by atoms with Crippen molar-refractivity contribution in [1.29, 1.82) is 5.26 Å². The number of benzene rings is 9. The Morgan fingerprint density at radius 3 is 1.12 bits per heavy atom. The van der Waals surface area contributed by atoms with Crippen LogP contribution in [0.25, 0.3) is 0 Å². The van der Waals surface area contributed by atoms with Gasteiger partial charge in [-0.25, -0.2) is 19.4 Å². The lowest BCUT2D eigenvalue weighted by Gasteiger charge is -2.41. The molecule has 26 nitrogen and oxygen atoms in total. The third-order valence-electron chi connectivity index (χ3n) is 25.2. The summed E-state index contributed by atoms with van der Waals surface area (Å²) in [4.78, 5) is 95.1. The zero-order valence-corrected chi connectivity index (χ0v) is 80.0. The predicted molar refractivity (Wildman–Crippen MR) is 527 cm³/mol. The topological polar surface area (TPSA) is 350 Å². The number of ketones is 4. The number of aliphatic imine (C=N–C) groups is 1. The number of alkyl carbamates (subject to hydrolysis) is 2. The van der Waals surface area contributed by atoms with Crippen LogP contribution in [0.3, 0.4) is 0 Å². The van der Waals surface area contributed by atoms with Crippen molar-refractivity contribution in [3.05, 3.63) is 309 Å². The van der Waals surface area contributed by atoms with E-state index in [1.807, 2.05) is 177 Å². The van der Waals surface area contributed by atoms with Gasteiger partial charge in [0.05, 0.1) is 58.9 Å². The van der Waals surface area contributed by atoms with Crippen molar-refractivity contribution in [2.75, 3.05) is 134 Å². The highest BCUT2D eigenvalue weighted by molar-refractivity contribution is 6.30. The Morgan fingerprint density at radius 2 is 0.759 bits per heavy atom. The van der Waals surface area contributed by atoms with Crippen LogP contribution in [0.4, 0.5) is 9.59 Å². The van der Waals surface area contributed by atoms with Crippen LogP contribution in [-0.2, 0) is 38.0 Å². The number of amides is 2. The lowest BCUT2D eigenvalue weighted by Crippen LogP contribution is -2.41. The fraction of sp³-hybridized carbons (Fsp3) is 0.436. The lowest BCUT2D eigenvalue weighted by atomic mass is 9.66. The Balaban J connectivity index is 0.000000241. The molecule has 4 aliphatic rings. The van der Waals surface area contributed by atoms with E-state index in [2.05, 4.69) is 44.8 Å². The van der Waals surface area contributed by atoms with Crippen molar-refractivity contribution in [3.8, 4) is 17.8 Å². The second kappa shape index (κ2) is 62.2. The molecule has 0 saturated heterocycles. The summed E-state index contributed by atoms with van der Waals surface area (Å²) in [5, 5.41) is 50.7. The molecule has 4 atom stereocenters. The first-order chi connectivity index (χ1) is 66.8. The number of halogens is 1. The number of isocyanates is 1. The highest BCUT2D eigenvalue weighted by Crippen LogP contribution is 2.48. The first kappa shape index (κ1) is 109. The van der Waals surface area contributed by atoms with Crippen molar-refractivity contribution < 1.29 is 96.6 Å². The van der Waals surface area contributed by atoms with Crippen molar-refractivity contribution in [3.63, 3.8) is 0 Å². The molecule has 4 fully saturated rings. The SMILES string of the molecule is CN(CCO)CCO.COCCN(C)CCOC(=O)NC1CCC(C(c2ccc(C(=O)c3ccccc3)cc2)C2CCC(NC(=O)OCCOCC(COc3ccc(C(=O)c4ccccc4)cc3)OC)CC2)CC1.Clc1ccccc1.N#COC1CCC(C(c2ccc(C(=O)c3ccccc3)cc2)C2CCC(N=C=O)CC2)CC1.O=C(c1ccccc1)c1ccc(OCC(O)COCCO)cc1. The summed E-state index contributed by atoms with van der Waals surface area (Å²) in [6.45, 7) is 5.07. The van der Waals surface area contributed by atoms with E-state index in [0.717, 1.165) is 114 Å². The molecule has 0 radical (unpaired) electrons. The van der Waals surface area contributed by atoms with Gasteiger partial charge in [-0.3, -0.25) is 19.2 Å². The smallest absolute Gasteiger partial charge is 0.407 e. The molecule has 13 rings (SSSR count). The molecule has 0 aromatic heterocycles. The van der Waals surface area contributed by atoms with E-state index in [0.29, 0.717) is 118 Å². The van der Waals surface area contributed by atoms with Crippen LogP contribution >= 0.6 is 11.6 Å². The van der Waals surface area contributed by atoms with E-state index >= 15 is 0 Å². The zero-order chi connectivity index (χ0) is 97.6. The fourth-order valence-corrected chi connectivity index (χ4v) is 17.9. The number of likely N-dealkylation sites (N-methyl/N-ethyl adjacent to an activating group) is 2. The summed E-state index contributed by atoms with van der Waals surface area (Å²) in [6.07, 6.45) is 16.7. The average molecular weight is 1900 g/mol. The third-order valence-corrected chi connectivity index (χ3v) is 25.5. The molecule has 137 heavy (non-hydrogen) atoms. The average Bonchev–Trinajstić information content (AvgIpc) is 0.799. The van der Waals surface area contributed by atoms with Crippen molar-refractivity contribution in [2.24, 2.45) is 28.7 Å². The highest BCUT2D eigenvalue weighted by atomic mass is 35.5. The minimum Gasteiger partial charge on any atom is -0.491 e. The first-order valence-corrected chi connectivity index (χ1v) is 48.0. The molecule has 4 saturated carbocycles. The third kappa shape index (κ3) is 38.7. The standard InChI is InChI=1S/C53H67N3O10.C28H30N2O3.C18H20O5.C6H5Cl.C5H13NO2/c1-56(30-32-61-2)31-33-64-52(59)54-45-24-18-39(19-25-45)49(38-14-16-43(17-15-38)50(57)41-10-6-4-7-11-41)40-20-26-46(27-21-40)55-53(60)65-35-34-63-36-48(62-3)37-66-47-28-22-44(23-29-47)51(58)42-12-8-5-9-13-42;29-18-33-26-16-12-22(13-17-26)27(21-10-14-25(15-11-21)30-19-31)20-6-8-24(9-7-20)28(32)23-4-2-1-3-5-23;19-10-11-22-12-16(20)13-23-17-8-6-15(7-9-17)18(21)14-4-2-1-3-5-14;7-6-4-2-1-3-5-6;1-6(2-4-7)3-5-8/h4-17,22-23,28-29,39-40,45-46,48-49H,18-21,24-27,30-37H2,1-3H3,(H,54,59)(H,55,60);1-9,21-22,25-27H,10-17H2;1-9,16,19-20H,10-13H2;1-5H;7-8H,2-5H2,1H3. The maximum atomic E-state index is 13.3. The van der Waals surface area contributed by atoms with Gasteiger partial charge in [0.2, 0.25) is 6.08 Å². The van der Waals surface area contributed by atoms with Gasteiger partial charge in [0.1, 0.15) is 56.2 Å². The maximum Gasteiger partial charge on any atom is 0.407 e. The van der Waals surface area contributed by atoms with Gasteiger partial charge in [-0.2, -0.15) is 5.26 Å². The van der Waals surface area contributed by atoms with Crippen LogP contribution in [0.2, 0.25) is 5.02 Å². The van der Waals surface area contributed by atoms with E-state index in [9.17, 15) is 38.7 Å². The minimum atomic E-state index is -0.771. The molecule has 27 heteroatoms. The number of carbonyl (C=O) groups excluding carboxylic acids is 7. The van der Waals surface area contributed by atoms with Crippen LogP contribution < -0.4 is 20.1 Å². The summed E-state index contributed by atoms with van der Waals surface area (Å²) < 4.78 is 48.9. The molecule has 4 aliphatic carbocycles. The normalized spacial score (nSPS) is 18.6. The lowest BCUT2D eigenvalue weighted by molar-refractivity contribution is -0.0234. The molecule has 6 N–H and O–H groups in total. The summed E-state index contributed by atoms with van der Waals surface area (Å²) in [6, 6.07) is 76.7. The van der Waals surface area contributed by atoms with E-state index < -0.39 is 12.2 Å². The molecular weight excluding hydrogens is 1760 g/mol. The number of nitriles is 1. The Morgan fingerprint density at radius 1 is 0.409 bits per heavy atom. The van der Waals surface area contributed by atoms with Crippen LogP contribution in [-0.4, -0.2) is 242 Å². The molecule has 0 aliphatic heterocycles. The van der Waals surface area contributed by atoms with E-state index in [4.69, 9.17) is 74.8 Å². The molecule has 0 bridgehead atoms. The fourth-order valence-electron chi connectivity index (χ4n) is 17.8. The summed E-state index contributed by atoms with van der Waals surface area (Å²) >= 11 is 5.54. The van der Waals surface area contributed by atoms with Gasteiger partial charge in [0, 0.05) is 102 Å². The second-order valence-electron chi connectivity index (χ2n) is 34.8. The number of methoxy groups -OCH3 is 2. The number of rotatable bonds is 44. The highest BCUT2D eigenvalue weighted by Gasteiger charge is 2.39. The van der Waals surface area contributed by atoms with Gasteiger partial charge in [-0.05, 0) is 224 Å². The summed E-state index contributed by atoms with van der Waals surface area (Å²) in [5.41, 5.74) is 7.69. The summed E-state index contributed by atoms with van der Waals surface area (Å²) in [5.74, 6) is 3.67. The Hall–Kier alpha value is -11.6. The molecule has 4 unspecified atom stereocenters. The number of nitrogens with one attached hydrogen (secondary N) is 2. The molecule has 0 heterocycles. The van der Waals surface area contributed by atoms with Gasteiger partial charge in [-0.15, -0.1) is 0 Å². The van der Waals surface area contributed by atoms with Gasteiger partial charge in [-0.1, -0.05) is 200 Å². The van der Waals surface area contributed by atoms with E-state index in [1.165, 1.54) is 11.1 Å². The Labute approximate surface area is 811 Å². The number of aliphatic hydroxyl groups is 4. The number of hydrogen-bond donors (Lipinski definition) is 6. The van der Waals surface area contributed by atoms with E-state index in [-0.39, 0.29) is 132 Å². The van der Waals surface area contributed by atoms with Crippen LogP contribution in [0.5, 0.6) is 11.5 Å². The van der Waals surface area contributed by atoms with Crippen molar-refractivity contribution in [2.45, 2.75) is 151 Å². The zero-order valence-electron chi connectivity index (χ0n) is 79.2. The van der Waals surface area contributed by atoms with Gasteiger partial charge in [0.15, 0.2) is 23.1 Å². The van der Waals surface area contributed by atoms with Gasteiger partial charge in [0.25, 0.3) is 6.26 Å². The van der Waals surface area contributed by atoms with Crippen molar-refractivity contribution in [1.82, 2.24) is 20.4 Å². The van der Waals surface area contributed by atoms with E-state index in [1.54, 1.807) is 93.1 Å². The minimum absolute atomic E-state index is 0.00574. The second-order valence-corrected chi connectivity index (χ2v) is 35.2. The quantitative estimate of drug-likeness (QED) is 0.00679. The monoisotopic (exact) mass is 1890 g/mol. The largest absolute Gasteiger partial charge is 0.491 e. The molecule has 0 spiro atoms. The van der Waals surface area contributed by atoms with Crippen molar-refractivity contribution >= 4 is 53.0 Å². The van der Waals surface area contributed by atoms with Crippen LogP contribution in [0, 0.1) is 35.2 Å². The van der Waals surface area contributed by atoms with Crippen LogP contribution in [0.1, 0.15) is 189 Å².